The van der Waals surface area contributed by atoms with Gasteiger partial charge in [-0.05, 0) is 38.0 Å². The Kier molecular flexibility index (Phi) is 3.89. The SMILES string of the molecule is CC(C)(C)OC(=O)N1Cc2c(Br)cccc2C(C)(C)C1. The van der Waals surface area contributed by atoms with Crippen LogP contribution < -0.4 is 0 Å². The van der Waals surface area contributed by atoms with Crippen LogP contribution in [0.4, 0.5) is 4.79 Å². The summed E-state index contributed by atoms with van der Waals surface area (Å²) in [6, 6.07) is 6.22. The maximum atomic E-state index is 12.3. The second-order valence-electron chi connectivity index (χ2n) is 6.99. The lowest BCUT2D eigenvalue weighted by Gasteiger charge is -2.40. The molecular weight excluding hydrogens is 318 g/mol. The zero-order valence-corrected chi connectivity index (χ0v) is 14.4. The third kappa shape index (κ3) is 3.17. The van der Waals surface area contributed by atoms with E-state index in [1.54, 1.807) is 4.90 Å². The highest BCUT2D eigenvalue weighted by atomic mass is 79.9. The molecule has 0 aliphatic carbocycles. The monoisotopic (exact) mass is 339 g/mol. The number of ether oxygens (including phenoxy) is 1. The molecule has 0 bridgehead atoms. The molecule has 1 aliphatic rings. The van der Waals surface area contributed by atoms with Gasteiger partial charge in [-0.1, -0.05) is 41.9 Å². The molecule has 0 atom stereocenters. The molecule has 0 spiro atoms. The Bertz CT molecular complexity index is 532. The average Bonchev–Trinajstić information content (AvgIpc) is 2.27. The van der Waals surface area contributed by atoms with E-state index >= 15 is 0 Å². The Morgan fingerprint density at radius 3 is 2.60 bits per heavy atom. The molecule has 0 radical (unpaired) electrons. The van der Waals surface area contributed by atoms with Gasteiger partial charge in [0.05, 0.1) is 6.54 Å². The van der Waals surface area contributed by atoms with E-state index < -0.39 is 5.60 Å². The van der Waals surface area contributed by atoms with E-state index in [9.17, 15) is 4.79 Å². The van der Waals surface area contributed by atoms with Gasteiger partial charge in [0, 0.05) is 16.4 Å². The van der Waals surface area contributed by atoms with Gasteiger partial charge in [-0.25, -0.2) is 4.79 Å². The predicted molar refractivity (Wildman–Crippen MR) is 83.8 cm³/mol. The zero-order chi connectivity index (χ0) is 15.1. The number of amides is 1. The smallest absolute Gasteiger partial charge is 0.410 e. The number of hydrogen-bond donors (Lipinski definition) is 0. The van der Waals surface area contributed by atoms with Crippen LogP contribution in [0.3, 0.4) is 0 Å². The quantitative estimate of drug-likeness (QED) is 0.697. The average molecular weight is 340 g/mol. The lowest BCUT2D eigenvalue weighted by molar-refractivity contribution is 0.0173. The second kappa shape index (κ2) is 5.06. The van der Waals surface area contributed by atoms with Gasteiger partial charge < -0.3 is 9.64 Å². The molecule has 2 rings (SSSR count). The van der Waals surface area contributed by atoms with Crippen LogP contribution in [0.5, 0.6) is 0 Å². The minimum Gasteiger partial charge on any atom is -0.444 e. The fourth-order valence-electron chi connectivity index (χ4n) is 2.62. The highest BCUT2D eigenvalue weighted by molar-refractivity contribution is 9.10. The first-order valence-corrected chi connectivity index (χ1v) is 7.65. The van der Waals surface area contributed by atoms with Gasteiger partial charge in [0.15, 0.2) is 0 Å². The molecule has 3 nitrogen and oxygen atoms in total. The van der Waals surface area contributed by atoms with Gasteiger partial charge in [0.1, 0.15) is 5.60 Å². The highest BCUT2D eigenvalue weighted by Crippen LogP contribution is 2.37. The lowest BCUT2D eigenvalue weighted by Crippen LogP contribution is -2.47. The van der Waals surface area contributed by atoms with E-state index in [-0.39, 0.29) is 11.5 Å². The summed E-state index contributed by atoms with van der Waals surface area (Å²) in [5, 5.41) is 0. The third-order valence-electron chi connectivity index (χ3n) is 3.43. The maximum absolute atomic E-state index is 12.3. The minimum absolute atomic E-state index is 0.0751. The Morgan fingerprint density at radius 1 is 1.35 bits per heavy atom. The van der Waals surface area contributed by atoms with Gasteiger partial charge in [-0.15, -0.1) is 0 Å². The summed E-state index contributed by atoms with van der Waals surface area (Å²) >= 11 is 3.59. The molecule has 0 unspecified atom stereocenters. The minimum atomic E-state index is -0.463. The van der Waals surface area contributed by atoms with Crippen molar-refractivity contribution < 1.29 is 9.53 Å². The molecule has 0 N–H and O–H groups in total. The van der Waals surface area contributed by atoms with Crippen LogP contribution in [-0.2, 0) is 16.7 Å². The van der Waals surface area contributed by atoms with Gasteiger partial charge in [0.2, 0.25) is 0 Å². The van der Waals surface area contributed by atoms with E-state index in [0.717, 1.165) is 4.47 Å². The molecule has 0 saturated carbocycles. The van der Waals surface area contributed by atoms with Crippen molar-refractivity contribution in [3.05, 3.63) is 33.8 Å². The van der Waals surface area contributed by atoms with Crippen LogP contribution in [0.1, 0.15) is 45.7 Å². The summed E-state index contributed by atoms with van der Waals surface area (Å²) in [7, 11) is 0. The Balaban J connectivity index is 2.30. The topological polar surface area (TPSA) is 29.5 Å². The maximum Gasteiger partial charge on any atom is 0.410 e. The van der Waals surface area contributed by atoms with Gasteiger partial charge >= 0.3 is 6.09 Å². The van der Waals surface area contributed by atoms with Crippen molar-refractivity contribution in [1.29, 1.82) is 0 Å². The summed E-state index contributed by atoms with van der Waals surface area (Å²) in [4.78, 5) is 14.1. The number of rotatable bonds is 0. The Hall–Kier alpha value is -1.03. The molecule has 0 fully saturated rings. The number of carbonyl (C=O) groups is 1. The summed E-state index contributed by atoms with van der Waals surface area (Å²) in [5.74, 6) is 0. The van der Waals surface area contributed by atoms with Gasteiger partial charge in [-0.2, -0.15) is 0 Å². The first-order chi connectivity index (χ1) is 9.10. The van der Waals surface area contributed by atoms with Crippen molar-refractivity contribution in [2.24, 2.45) is 0 Å². The van der Waals surface area contributed by atoms with Crippen molar-refractivity contribution in [2.75, 3.05) is 6.54 Å². The molecule has 1 amide bonds. The Labute approximate surface area is 129 Å². The van der Waals surface area contributed by atoms with E-state index in [4.69, 9.17) is 4.74 Å². The standard InChI is InChI=1S/C16H22BrNO2/c1-15(2,3)20-14(19)18-9-11-12(16(4,5)10-18)7-6-8-13(11)17/h6-8H,9-10H2,1-5H3. The molecule has 1 aliphatic heterocycles. The molecule has 1 aromatic rings. The van der Waals surface area contributed by atoms with Crippen LogP contribution in [0, 0.1) is 0 Å². The van der Waals surface area contributed by atoms with E-state index in [1.165, 1.54) is 11.1 Å². The fourth-order valence-corrected chi connectivity index (χ4v) is 3.11. The molecule has 4 heteroatoms. The van der Waals surface area contributed by atoms with Crippen LogP contribution in [-0.4, -0.2) is 23.1 Å². The summed E-state index contributed by atoms with van der Waals surface area (Å²) < 4.78 is 6.55. The van der Waals surface area contributed by atoms with Crippen LogP contribution >= 0.6 is 15.9 Å². The third-order valence-corrected chi connectivity index (χ3v) is 4.18. The largest absolute Gasteiger partial charge is 0.444 e. The molecule has 0 aromatic heterocycles. The van der Waals surface area contributed by atoms with E-state index in [1.807, 2.05) is 32.9 Å². The van der Waals surface area contributed by atoms with E-state index in [0.29, 0.717) is 13.1 Å². The molecule has 20 heavy (non-hydrogen) atoms. The second-order valence-corrected chi connectivity index (χ2v) is 7.84. The van der Waals surface area contributed by atoms with Crippen molar-refractivity contribution in [3.8, 4) is 0 Å². The van der Waals surface area contributed by atoms with Crippen molar-refractivity contribution in [2.45, 2.75) is 52.2 Å². The van der Waals surface area contributed by atoms with Crippen LogP contribution in [0.2, 0.25) is 0 Å². The number of nitrogens with zero attached hydrogens (tertiary/aromatic N) is 1. The first-order valence-electron chi connectivity index (χ1n) is 6.86. The number of hydrogen-bond acceptors (Lipinski definition) is 2. The number of carbonyl (C=O) groups excluding carboxylic acids is 1. The molecule has 1 heterocycles. The molecule has 0 saturated heterocycles. The number of halogens is 1. The zero-order valence-electron chi connectivity index (χ0n) is 12.8. The summed E-state index contributed by atoms with van der Waals surface area (Å²) in [5.41, 5.74) is 1.94. The van der Waals surface area contributed by atoms with Crippen LogP contribution in [0.25, 0.3) is 0 Å². The van der Waals surface area contributed by atoms with Crippen LogP contribution in [0.15, 0.2) is 22.7 Å². The van der Waals surface area contributed by atoms with Crippen molar-refractivity contribution >= 4 is 22.0 Å². The fraction of sp³-hybridized carbons (Fsp3) is 0.562. The molecule has 1 aromatic carbocycles. The highest BCUT2D eigenvalue weighted by Gasteiger charge is 2.36. The van der Waals surface area contributed by atoms with Crippen molar-refractivity contribution in [1.82, 2.24) is 4.90 Å². The predicted octanol–water partition coefficient (Wildman–Crippen LogP) is 4.48. The Morgan fingerprint density at radius 2 is 2.00 bits per heavy atom. The molecular formula is C16H22BrNO2. The summed E-state index contributed by atoms with van der Waals surface area (Å²) in [6.45, 7) is 11.3. The van der Waals surface area contributed by atoms with Crippen molar-refractivity contribution in [3.63, 3.8) is 0 Å². The van der Waals surface area contributed by atoms with Gasteiger partial charge in [-0.3, -0.25) is 0 Å². The molecule has 110 valence electrons. The van der Waals surface area contributed by atoms with Gasteiger partial charge in [0.25, 0.3) is 0 Å². The number of benzene rings is 1. The summed E-state index contributed by atoms with van der Waals surface area (Å²) in [6.07, 6.45) is -0.244. The lowest BCUT2D eigenvalue weighted by atomic mass is 9.78. The first kappa shape index (κ1) is 15.4. The van der Waals surface area contributed by atoms with E-state index in [2.05, 4.69) is 35.8 Å². The number of fused-ring (bicyclic) bond motifs is 1. The normalized spacial score (nSPS) is 17.6.